The summed E-state index contributed by atoms with van der Waals surface area (Å²) in [4.78, 5) is 25.2. The van der Waals surface area contributed by atoms with E-state index in [2.05, 4.69) is 26.2 Å². The monoisotopic (exact) mass is 455 g/mol. The number of carbonyl (C=O) groups is 1. The number of amides is 1. The Labute approximate surface area is 188 Å². The maximum absolute atomic E-state index is 14.5. The number of thiazole rings is 1. The Hall–Kier alpha value is -3.38. The van der Waals surface area contributed by atoms with Crippen molar-refractivity contribution < 1.29 is 18.3 Å². The molecule has 0 saturated heterocycles. The lowest BCUT2D eigenvalue weighted by Gasteiger charge is -2.23. The third-order valence-electron chi connectivity index (χ3n) is 5.37. The van der Waals surface area contributed by atoms with Gasteiger partial charge < -0.3 is 10.1 Å². The van der Waals surface area contributed by atoms with Gasteiger partial charge in [0.05, 0.1) is 19.2 Å². The van der Waals surface area contributed by atoms with E-state index in [1.165, 1.54) is 42.7 Å². The first-order chi connectivity index (χ1) is 15.5. The van der Waals surface area contributed by atoms with Crippen LogP contribution in [0.1, 0.15) is 25.7 Å². The standard InChI is InChI=1S/C23H20F2N4O2S/c1-31-20-10-16(24)5-6-17(20)18-11-21(27-13-19(18)25)29-22(30)15-4-2-3-14(9-15)12-28-23-26-7-8-32-23/h5-8,10-11,13-15H,2-4,9H2,1H3/p+1/t14?,15-/m0/s1. The molecule has 0 radical (unpaired) electrons. The Morgan fingerprint density at radius 2 is 2.12 bits per heavy atom. The number of rotatable bonds is 4. The molecule has 1 amide bonds. The second-order valence-corrected chi connectivity index (χ2v) is 8.37. The molecule has 3 aromatic rings. The lowest BCUT2D eigenvalue weighted by atomic mass is 9.81. The highest BCUT2D eigenvalue weighted by Gasteiger charge is 2.28. The van der Waals surface area contributed by atoms with E-state index in [9.17, 15) is 13.6 Å². The van der Waals surface area contributed by atoms with E-state index in [4.69, 9.17) is 4.74 Å². The highest BCUT2D eigenvalue weighted by Crippen LogP contribution is 2.34. The number of anilines is 1. The summed E-state index contributed by atoms with van der Waals surface area (Å²) >= 11 is 1.44. The molecule has 2 aromatic heterocycles. The van der Waals surface area contributed by atoms with Crippen molar-refractivity contribution in [3.63, 3.8) is 0 Å². The first kappa shape index (κ1) is 21.8. The molecule has 1 aliphatic rings. The molecule has 2 heterocycles. The fourth-order valence-electron chi connectivity index (χ4n) is 3.79. The van der Waals surface area contributed by atoms with Gasteiger partial charge in [0.1, 0.15) is 23.2 Å². The Morgan fingerprint density at radius 3 is 2.91 bits per heavy atom. The highest BCUT2D eigenvalue weighted by molar-refractivity contribution is 7.13. The predicted molar refractivity (Wildman–Crippen MR) is 119 cm³/mol. The Balaban J connectivity index is 1.48. The number of ether oxygens (including phenoxy) is 1. The zero-order valence-electron chi connectivity index (χ0n) is 17.3. The van der Waals surface area contributed by atoms with Gasteiger partial charge in [0.25, 0.3) is 0 Å². The number of methoxy groups -OCH3 is 1. The van der Waals surface area contributed by atoms with Crippen molar-refractivity contribution in [1.82, 2.24) is 9.97 Å². The molecule has 164 valence electrons. The first-order valence-electron chi connectivity index (χ1n) is 10.2. The number of nitrogens with zero attached hydrogens (tertiary/aromatic N) is 3. The minimum Gasteiger partial charge on any atom is -0.496 e. The van der Waals surface area contributed by atoms with Crippen LogP contribution in [0.4, 0.5) is 19.7 Å². The van der Waals surface area contributed by atoms with Gasteiger partial charge in [-0.1, -0.05) is 6.42 Å². The van der Waals surface area contributed by atoms with E-state index in [-0.39, 0.29) is 34.9 Å². The molecule has 0 spiro atoms. The number of hydrogen-bond acceptors (Lipinski definition) is 5. The van der Waals surface area contributed by atoms with Crippen LogP contribution in [-0.4, -0.2) is 23.0 Å². The van der Waals surface area contributed by atoms with E-state index >= 15 is 0 Å². The number of carbonyl (C=O) groups excluding carboxylic acids is 1. The lowest BCUT2D eigenvalue weighted by Crippen LogP contribution is -2.28. The van der Waals surface area contributed by atoms with Crippen LogP contribution >= 0.6 is 11.3 Å². The summed E-state index contributed by atoms with van der Waals surface area (Å²) in [5.74, 6) is -0.999. The first-order valence-corrected chi connectivity index (χ1v) is 11.1. The Kier molecular flexibility index (Phi) is 6.71. The molecule has 6 nitrogen and oxygen atoms in total. The number of benzene rings is 1. The van der Waals surface area contributed by atoms with Crippen molar-refractivity contribution in [2.24, 2.45) is 11.8 Å². The van der Waals surface area contributed by atoms with Crippen molar-refractivity contribution in [2.45, 2.75) is 25.7 Å². The summed E-state index contributed by atoms with van der Waals surface area (Å²) in [6.07, 6.45) is 5.90. The quantitative estimate of drug-likeness (QED) is 0.532. The summed E-state index contributed by atoms with van der Waals surface area (Å²) in [5, 5.41) is 5.29. The second kappa shape index (κ2) is 9.83. The van der Waals surface area contributed by atoms with Crippen LogP contribution in [0.25, 0.3) is 16.0 Å². The van der Waals surface area contributed by atoms with Gasteiger partial charge in [-0.25, -0.2) is 13.8 Å². The van der Waals surface area contributed by atoms with Crippen LogP contribution in [0.3, 0.4) is 0 Å². The van der Waals surface area contributed by atoms with Gasteiger partial charge in [0, 0.05) is 28.5 Å². The third-order valence-corrected chi connectivity index (χ3v) is 6.03. The Bertz CT molecular complexity index is 1170. The van der Waals surface area contributed by atoms with Gasteiger partial charge in [-0.3, -0.25) is 4.79 Å². The molecule has 32 heavy (non-hydrogen) atoms. The fourth-order valence-corrected chi connectivity index (χ4v) is 4.26. The minimum atomic E-state index is -0.598. The summed E-state index contributed by atoms with van der Waals surface area (Å²) < 4.78 is 33.2. The molecule has 1 aliphatic carbocycles. The summed E-state index contributed by atoms with van der Waals surface area (Å²) in [5.41, 5.74) is 0.535. The predicted octanol–water partition coefficient (Wildman–Crippen LogP) is 5.90. The van der Waals surface area contributed by atoms with Crippen molar-refractivity contribution >= 4 is 28.2 Å². The summed E-state index contributed by atoms with van der Waals surface area (Å²) in [7, 11) is 1.38. The van der Waals surface area contributed by atoms with E-state index in [0.29, 0.717) is 17.1 Å². The topological polar surface area (TPSA) is 68.5 Å². The number of pyridine rings is 1. The molecule has 4 rings (SSSR count). The fraction of sp³-hybridized carbons (Fsp3) is 0.304. The second-order valence-electron chi connectivity index (χ2n) is 7.50. The van der Waals surface area contributed by atoms with Gasteiger partial charge in [-0.15, -0.1) is 4.85 Å². The smallest absolute Gasteiger partial charge is 0.485 e. The molecule has 0 aliphatic heterocycles. The van der Waals surface area contributed by atoms with Crippen molar-refractivity contribution in [2.75, 3.05) is 12.4 Å². The molecule has 1 fully saturated rings. The molecule has 0 bridgehead atoms. The molecular weight excluding hydrogens is 434 g/mol. The largest absolute Gasteiger partial charge is 0.496 e. The van der Waals surface area contributed by atoms with Gasteiger partial charge >= 0.3 is 5.13 Å². The lowest BCUT2D eigenvalue weighted by molar-refractivity contribution is -0.121. The maximum Gasteiger partial charge on any atom is 0.485 e. The highest BCUT2D eigenvalue weighted by atomic mass is 32.1. The van der Waals surface area contributed by atoms with Gasteiger partial charge in [-0.05, 0) is 53.8 Å². The van der Waals surface area contributed by atoms with Crippen LogP contribution in [0.2, 0.25) is 0 Å². The molecule has 9 heteroatoms. The van der Waals surface area contributed by atoms with E-state index in [1.807, 2.05) is 5.38 Å². The molecule has 1 aromatic carbocycles. The van der Waals surface area contributed by atoms with Crippen LogP contribution in [-0.2, 0) is 4.79 Å². The van der Waals surface area contributed by atoms with Crippen molar-refractivity contribution in [3.05, 3.63) is 58.5 Å². The SMILES string of the molecule is COc1cc(F)ccc1-c1cc(NC(=O)[C@H]2CCCC(C#[N+]c3nccs3)C2)ncc1F. The summed E-state index contributed by atoms with van der Waals surface area (Å²) in [6.45, 7) is 0. The third kappa shape index (κ3) is 5.08. The van der Waals surface area contributed by atoms with Crippen molar-refractivity contribution in [3.8, 4) is 22.9 Å². The number of nitrogens with one attached hydrogen (secondary N) is 1. The van der Waals surface area contributed by atoms with Crippen LogP contribution in [0.15, 0.2) is 42.0 Å². The molecule has 1 saturated carbocycles. The number of aromatic nitrogens is 2. The van der Waals surface area contributed by atoms with Crippen LogP contribution in [0, 0.1) is 29.5 Å². The van der Waals surface area contributed by atoms with E-state index < -0.39 is 11.6 Å². The minimum absolute atomic E-state index is 0.0728. The van der Waals surface area contributed by atoms with Gasteiger partial charge in [0.2, 0.25) is 5.91 Å². The number of halogens is 2. The average Bonchev–Trinajstić information content (AvgIpc) is 3.33. The summed E-state index contributed by atoms with van der Waals surface area (Å²) in [6, 6.07) is 8.38. The van der Waals surface area contributed by atoms with E-state index in [0.717, 1.165) is 25.5 Å². The average molecular weight is 456 g/mol. The normalized spacial score (nSPS) is 17.8. The van der Waals surface area contributed by atoms with Crippen LogP contribution in [0.5, 0.6) is 5.75 Å². The Morgan fingerprint density at radius 1 is 1.25 bits per heavy atom. The van der Waals surface area contributed by atoms with Crippen molar-refractivity contribution in [1.29, 1.82) is 0 Å². The van der Waals surface area contributed by atoms with Crippen LogP contribution < -0.4 is 10.1 Å². The molecule has 2 atom stereocenters. The zero-order chi connectivity index (χ0) is 22.5. The molecular formula is C23H21F2N4O2S+. The maximum atomic E-state index is 14.5. The van der Waals surface area contributed by atoms with Gasteiger partial charge in [-0.2, -0.15) is 0 Å². The van der Waals surface area contributed by atoms with E-state index in [1.54, 1.807) is 6.20 Å². The van der Waals surface area contributed by atoms with Gasteiger partial charge in [0.15, 0.2) is 12.3 Å². The molecule has 1 N–H and O–H groups in total. The number of hydrogen-bond donors (Lipinski definition) is 1. The zero-order valence-corrected chi connectivity index (χ0v) is 18.2. The molecule has 1 unspecified atom stereocenters.